The van der Waals surface area contributed by atoms with Crippen molar-refractivity contribution in [3.05, 3.63) is 54.7 Å². The van der Waals surface area contributed by atoms with Crippen molar-refractivity contribution in [3.63, 3.8) is 0 Å². The number of hydrogen-bond donors (Lipinski definition) is 2. The van der Waals surface area contributed by atoms with E-state index < -0.39 is 9.84 Å². The fourth-order valence-corrected chi connectivity index (χ4v) is 3.47. The zero-order valence-corrected chi connectivity index (χ0v) is 13.0. The number of aromatic amines is 1. The molecule has 0 unspecified atom stereocenters. The molecule has 6 nitrogen and oxygen atoms in total. The SMILES string of the molecule is O=C(CCS(=O)(=O)c1ccccc1)Nc1ccc2cn[nH]c2c1. The molecule has 7 heteroatoms. The second kappa shape index (κ2) is 6.21. The van der Waals surface area contributed by atoms with Crippen LogP contribution in [0.25, 0.3) is 10.9 Å². The Morgan fingerprint density at radius 2 is 1.91 bits per heavy atom. The lowest BCUT2D eigenvalue weighted by Gasteiger charge is -2.06. The van der Waals surface area contributed by atoms with Crippen LogP contribution in [0.4, 0.5) is 5.69 Å². The van der Waals surface area contributed by atoms with Crippen molar-refractivity contribution in [1.82, 2.24) is 10.2 Å². The topological polar surface area (TPSA) is 91.9 Å². The summed E-state index contributed by atoms with van der Waals surface area (Å²) in [5.74, 6) is -0.571. The first kappa shape index (κ1) is 15.2. The third-order valence-corrected chi connectivity index (χ3v) is 5.16. The lowest BCUT2D eigenvalue weighted by Crippen LogP contribution is -2.17. The predicted octanol–water partition coefficient (Wildman–Crippen LogP) is 2.37. The van der Waals surface area contributed by atoms with Crippen molar-refractivity contribution in [2.24, 2.45) is 0 Å². The van der Waals surface area contributed by atoms with Crippen LogP contribution in [0.15, 0.2) is 59.6 Å². The van der Waals surface area contributed by atoms with Gasteiger partial charge in [0, 0.05) is 17.5 Å². The lowest BCUT2D eigenvalue weighted by molar-refractivity contribution is -0.115. The van der Waals surface area contributed by atoms with Crippen molar-refractivity contribution in [2.45, 2.75) is 11.3 Å². The number of nitrogens with one attached hydrogen (secondary N) is 2. The van der Waals surface area contributed by atoms with Crippen LogP contribution in [0.2, 0.25) is 0 Å². The van der Waals surface area contributed by atoms with Gasteiger partial charge in [0.15, 0.2) is 9.84 Å². The molecule has 0 saturated carbocycles. The van der Waals surface area contributed by atoms with Gasteiger partial charge in [0.05, 0.1) is 22.4 Å². The lowest BCUT2D eigenvalue weighted by atomic mass is 10.2. The van der Waals surface area contributed by atoms with Gasteiger partial charge in [0.25, 0.3) is 0 Å². The molecule has 2 aromatic carbocycles. The van der Waals surface area contributed by atoms with Gasteiger partial charge in [-0.05, 0) is 30.3 Å². The molecule has 3 rings (SSSR count). The van der Waals surface area contributed by atoms with Crippen LogP contribution in [0.5, 0.6) is 0 Å². The molecule has 0 bridgehead atoms. The van der Waals surface area contributed by atoms with Gasteiger partial charge in [-0.2, -0.15) is 5.10 Å². The van der Waals surface area contributed by atoms with Gasteiger partial charge in [-0.1, -0.05) is 18.2 Å². The average Bonchev–Trinajstić information content (AvgIpc) is 3.02. The molecule has 0 aliphatic carbocycles. The Labute approximate surface area is 133 Å². The van der Waals surface area contributed by atoms with Gasteiger partial charge in [-0.15, -0.1) is 0 Å². The quantitative estimate of drug-likeness (QED) is 0.751. The number of H-pyrrole nitrogens is 1. The van der Waals surface area contributed by atoms with Crippen molar-refractivity contribution in [2.75, 3.05) is 11.1 Å². The van der Waals surface area contributed by atoms with Gasteiger partial charge in [-0.25, -0.2) is 8.42 Å². The molecule has 0 atom stereocenters. The minimum Gasteiger partial charge on any atom is -0.326 e. The highest BCUT2D eigenvalue weighted by Gasteiger charge is 2.16. The number of rotatable bonds is 5. The van der Waals surface area contributed by atoms with E-state index >= 15 is 0 Å². The predicted molar refractivity (Wildman–Crippen MR) is 87.8 cm³/mol. The summed E-state index contributed by atoms with van der Waals surface area (Å²) in [6.45, 7) is 0. The molecule has 1 aromatic heterocycles. The Bertz CT molecular complexity index is 933. The number of fused-ring (bicyclic) bond motifs is 1. The number of carbonyl (C=O) groups excluding carboxylic acids is 1. The maximum Gasteiger partial charge on any atom is 0.225 e. The largest absolute Gasteiger partial charge is 0.326 e. The number of benzene rings is 2. The zero-order valence-electron chi connectivity index (χ0n) is 12.2. The minimum atomic E-state index is -3.45. The number of sulfone groups is 1. The summed E-state index contributed by atoms with van der Waals surface area (Å²) in [6.07, 6.45) is 1.59. The van der Waals surface area contributed by atoms with Crippen LogP contribution in [0, 0.1) is 0 Å². The summed E-state index contributed by atoms with van der Waals surface area (Å²) in [5, 5.41) is 10.4. The molecule has 23 heavy (non-hydrogen) atoms. The summed E-state index contributed by atoms with van der Waals surface area (Å²) in [7, 11) is -3.45. The summed E-state index contributed by atoms with van der Waals surface area (Å²) in [4.78, 5) is 12.2. The van der Waals surface area contributed by atoms with Crippen molar-refractivity contribution < 1.29 is 13.2 Å². The number of amides is 1. The van der Waals surface area contributed by atoms with E-state index in [1.807, 2.05) is 6.07 Å². The van der Waals surface area contributed by atoms with Crippen LogP contribution in [-0.4, -0.2) is 30.3 Å². The Balaban J connectivity index is 1.63. The van der Waals surface area contributed by atoms with E-state index in [0.717, 1.165) is 10.9 Å². The molecule has 0 fully saturated rings. The number of carbonyl (C=O) groups is 1. The number of aromatic nitrogens is 2. The molecule has 0 radical (unpaired) electrons. The molecular formula is C16H15N3O3S. The maximum absolute atomic E-state index is 12.1. The molecule has 1 heterocycles. The van der Waals surface area contributed by atoms with Crippen LogP contribution >= 0.6 is 0 Å². The molecule has 118 valence electrons. The molecule has 2 N–H and O–H groups in total. The fraction of sp³-hybridized carbons (Fsp3) is 0.125. The van der Waals surface area contributed by atoms with Gasteiger partial charge in [0.1, 0.15) is 0 Å². The first-order chi connectivity index (χ1) is 11.0. The van der Waals surface area contributed by atoms with Gasteiger partial charge >= 0.3 is 0 Å². The van der Waals surface area contributed by atoms with Crippen LogP contribution in [0.1, 0.15) is 6.42 Å². The highest BCUT2D eigenvalue weighted by molar-refractivity contribution is 7.91. The van der Waals surface area contributed by atoms with E-state index in [-0.39, 0.29) is 23.0 Å². The van der Waals surface area contributed by atoms with E-state index in [4.69, 9.17) is 0 Å². The van der Waals surface area contributed by atoms with Gasteiger partial charge in [0.2, 0.25) is 5.91 Å². The first-order valence-electron chi connectivity index (χ1n) is 7.05. The normalized spacial score (nSPS) is 11.5. The van der Waals surface area contributed by atoms with Gasteiger partial charge < -0.3 is 5.32 Å². The molecule has 0 aliphatic rings. The van der Waals surface area contributed by atoms with Crippen LogP contribution < -0.4 is 5.32 Å². The number of nitrogens with zero attached hydrogens (tertiary/aromatic N) is 1. The average molecular weight is 329 g/mol. The standard InChI is InChI=1S/C16H15N3O3S/c20-16(8-9-23(21,22)14-4-2-1-3-5-14)18-13-7-6-12-11-17-19-15(12)10-13/h1-7,10-11H,8-9H2,(H,17,19)(H,18,20). The van der Waals surface area contributed by atoms with E-state index in [0.29, 0.717) is 5.69 Å². The van der Waals surface area contributed by atoms with E-state index in [1.165, 1.54) is 12.1 Å². The van der Waals surface area contributed by atoms with Gasteiger partial charge in [-0.3, -0.25) is 9.89 Å². The maximum atomic E-state index is 12.1. The Kier molecular flexibility index (Phi) is 4.12. The molecular weight excluding hydrogens is 314 g/mol. The van der Waals surface area contributed by atoms with E-state index in [2.05, 4.69) is 15.5 Å². The van der Waals surface area contributed by atoms with Crippen LogP contribution in [-0.2, 0) is 14.6 Å². The van der Waals surface area contributed by atoms with Crippen LogP contribution in [0.3, 0.4) is 0 Å². The smallest absolute Gasteiger partial charge is 0.225 e. The van der Waals surface area contributed by atoms with Crippen molar-refractivity contribution >= 4 is 32.3 Å². The molecule has 0 saturated heterocycles. The number of anilines is 1. The number of hydrogen-bond acceptors (Lipinski definition) is 4. The summed E-state index contributed by atoms with van der Waals surface area (Å²) < 4.78 is 24.3. The van der Waals surface area contributed by atoms with Crippen molar-refractivity contribution in [3.8, 4) is 0 Å². The summed E-state index contributed by atoms with van der Waals surface area (Å²) in [5.41, 5.74) is 1.41. The first-order valence-corrected chi connectivity index (χ1v) is 8.71. The third-order valence-electron chi connectivity index (χ3n) is 3.43. The minimum absolute atomic E-state index is 0.0990. The highest BCUT2D eigenvalue weighted by atomic mass is 32.2. The molecule has 0 spiro atoms. The third kappa shape index (κ3) is 3.57. The fourth-order valence-electron chi connectivity index (χ4n) is 2.21. The second-order valence-corrected chi connectivity index (χ2v) is 7.21. The van der Waals surface area contributed by atoms with Crippen molar-refractivity contribution in [1.29, 1.82) is 0 Å². The van der Waals surface area contributed by atoms with E-state index in [1.54, 1.807) is 36.5 Å². The van der Waals surface area contributed by atoms with E-state index in [9.17, 15) is 13.2 Å². The molecule has 0 aliphatic heterocycles. The molecule has 1 amide bonds. The second-order valence-electron chi connectivity index (χ2n) is 5.10. The molecule has 3 aromatic rings. The highest BCUT2D eigenvalue weighted by Crippen LogP contribution is 2.17. The summed E-state index contributed by atoms with van der Waals surface area (Å²) in [6, 6.07) is 13.5. The Morgan fingerprint density at radius 1 is 1.13 bits per heavy atom. The monoisotopic (exact) mass is 329 g/mol. The zero-order chi connectivity index (χ0) is 16.3. The Morgan fingerprint density at radius 3 is 2.70 bits per heavy atom. The summed E-state index contributed by atoms with van der Waals surface area (Å²) >= 11 is 0. The Hall–Kier alpha value is -2.67.